The Balaban J connectivity index is 1.51. The van der Waals surface area contributed by atoms with E-state index < -0.39 is 18.2 Å². The summed E-state index contributed by atoms with van der Waals surface area (Å²) in [5, 5.41) is 0. The smallest absolute Gasteiger partial charge is 0.340 e. The fourth-order valence-corrected chi connectivity index (χ4v) is 4.29. The molecule has 148 valence electrons. The van der Waals surface area contributed by atoms with Crippen LogP contribution in [0.3, 0.4) is 0 Å². The Hall–Kier alpha value is -2.90. The van der Waals surface area contributed by atoms with E-state index in [1.807, 2.05) is 0 Å². The van der Waals surface area contributed by atoms with Gasteiger partial charge in [0.2, 0.25) is 18.0 Å². The number of fused-ring (bicyclic) bond motifs is 1. The molecule has 2 amide bonds. The van der Waals surface area contributed by atoms with Gasteiger partial charge in [-0.2, -0.15) is 0 Å². The third-order valence-electron chi connectivity index (χ3n) is 5.80. The van der Waals surface area contributed by atoms with Crippen LogP contribution in [0.15, 0.2) is 24.3 Å². The van der Waals surface area contributed by atoms with Crippen LogP contribution >= 0.6 is 0 Å². The number of cyclic esters (lactones) is 1. The summed E-state index contributed by atoms with van der Waals surface area (Å²) in [4.78, 5) is 52.6. The normalized spacial score (nSPS) is 24.9. The van der Waals surface area contributed by atoms with E-state index in [9.17, 15) is 19.2 Å². The summed E-state index contributed by atoms with van der Waals surface area (Å²) >= 11 is 0. The second-order valence-corrected chi connectivity index (χ2v) is 7.32. The number of esters is 2. The second kappa shape index (κ2) is 7.26. The van der Waals surface area contributed by atoms with E-state index in [4.69, 9.17) is 9.47 Å². The van der Waals surface area contributed by atoms with Crippen LogP contribution in [0.5, 0.6) is 0 Å². The molecule has 0 N–H and O–H groups in total. The molecule has 0 spiro atoms. The number of methoxy groups -OCH3 is 1. The van der Waals surface area contributed by atoms with Gasteiger partial charge in [-0.1, -0.05) is 18.2 Å². The molecule has 3 aliphatic rings. The Morgan fingerprint density at radius 3 is 2.54 bits per heavy atom. The zero-order valence-corrected chi connectivity index (χ0v) is 15.6. The highest BCUT2D eigenvalue weighted by atomic mass is 16.6. The van der Waals surface area contributed by atoms with Crippen LogP contribution in [-0.4, -0.2) is 59.8 Å². The number of carbonyl (C=O) groups is 4. The maximum absolute atomic E-state index is 13.1. The number of piperidine rings is 1. The zero-order valence-electron chi connectivity index (χ0n) is 15.6. The van der Waals surface area contributed by atoms with Gasteiger partial charge in [0.25, 0.3) is 0 Å². The van der Waals surface area contributed by atoms with E-state index in [-0.39, 0.29) is 30.1 Å². The van der Waals surface area contributed by atoms with Crippen molar-refractivity contribution in [3.05, 3.63) is 35.4 Å². The summed E-state index contributed by atoms with van der Waals surface area (Å²) in [6.45, 7) is 0.885. The molecule has 0 aliphatic carbocycles. The Morgan fingerprint density at radius 2 is 1.82 bits per heavy atom. The van der Waals surface area contributed by atoms with Gasteiger partial charge in [0.15, 0.2) is 0 Å². The molecule has 8 nitrogen and oxygen atoms in total. The summed E-state index contributed by atoms with van der Waals surface area (Å²) in [5.74, 6) is -1.28. The molecule has 3 aliphatic heterocycles. The van der Waals surface area contributed by atoms with E-state index in [0.29, 0.717) is 43.5 Å². The Kier molecular flexibility index (Phi) is 4.78. The third-order valence-corrected chi connectivity index (χ3v) is 5.80. The summed E-state index contributed by atoms with van der Waals surface area (Å²) in [6.07, 6.45) is 0.858. The molecule has 1 aromatic carbocycles. The van der Waals surface area contributed by atoms with E-state index in [1.165, 1.54) is 12.0 Å². The molecule has 1 aromatic rings. The zero-order chi connectivity index (χ0) is 19.8. The Morgan fingerprint density at radius 1 is 1.11 bits per heavy atom. The van der Waals surface area contributed by atoms with Crippen LogP contribution in [0.25, 0.3) is 0 Å². The highest BCUT2D eigenvalue weighted by Crippen LogP contribution is 2.38. The highest BCUT2D eigenvalue weighted by molar-refractivity contribution is 5.96. The van der Waals surface area contributed by atoms with Gasteiger partial charge < -0.3 is 14.4 Å². The molecule has 3 heterocycles. The number of ether oxygens (including phenoxy) is 2. The molecule has 0 saturated carbocycles. The topological polar surface area (TPSA) is 93.2 Å². The van der Waals surface area contributed by atoms with Gasteiger partial charge in [-0.15, -0.1) is 0 Å². The number of benzene rings is 1. The number of likely N-dealkylation sites (tertiary alicyclic amines) is 2. The molecule has 4 rings (SSSR count). The van der Waals surface area contributed by atoms with Crippen molar-refractivity contribution in [2.24, 2.45) is 5.92 Å². The Labute approximate surface area is 162 Å². The minimum absolute atomic E-state index is 0.158. The highest BCUT2D eigenvalue weighted by Gasteiger charge is 2.47. The van der Waals surface area contributed by atoms with Crippen molar-refractivity contribution >= 4 is 23.8 Å². The minimum Gasteiger partial charge on any atom is -0.469 e. The fraction of sp³-hybridized carbons (Fsp3) is 0.500. The van der Waals surface area contributed by atoms with Crippen molar-refractivity contribution in [3.8, 4) is 0 Å². The van der Waals surface area contributed by atoms with Gasteiger partial charge in [0.05, 0.1) is 18.6 Å². The van der Waals surface area contributed by atoms with Crippen molar-refractivity contribution in [2.75, 3.05) is 20.2 Å². The van der Waals surface area contributed by atoms with Crippen molar-refractivity contribution in [1.29, 1.82) is 0 Å². The van der Waals surface area contributed by atoms with E-state index in [1.54, 1.807) is 29.2 Å². The number of hydrogen-bond donors (Lipinski definition) is 0. The molecule has 0 bridgehead atoms. The molecule has 0 aromatic heterocycles. The van der Waals surface area contributed by atoms with Crippen LogP contribution in [0.4, 0.5) is 0 Å². The number of hydrogen-bond acceptors (Lipinski definition) is 6. The maximum Gasteiger partial charge on any atom is 0.340 e. The van der Waals surface area contributed by atoms with Crippen LogP contribution in [-0.2, 0) is 23.9 Å². The fourth-order valence-electron chi connectivity index (χ4n) is 4.29. The molecule has 0 radical (unpaired) electrons. The average molecular weight is 386 g/mol. The lowest BCUT2D eigenvalue weighted by Gasteiger charge is -2.36. The quantitative estimate of drug-likeness (QED) is 0.726. The lowest BCUT2D eigenvalue weighted by Crippen LogP contribution is -2.50. The number of nitrogens with zero attached hydrogens (tertiary/aromatic N) is 2. The molecule has 2 saturated heterocycles. The van der Waals surface area contributed by atoms with Gasteiger partial charge in [-0.05, 0) is 25.3 Å². The first-order valence-electron chi connectivity index (χ1n) is 9.49. The van der Waals surface area contributed by atoms with Crippen LogP contribution in [0.2, 0.25) is 0 Å². The third kappa shape index (κ3) is 3.02. The first-order chi connectivity index (χ1) is 13.5. The van der Waals surface area contributed by atoms with Gasteiger partial charge in [0.1, 0.15) is 6.04 Å². The van der Waals surface area contributed by atoms with Crippen molar-refractivity contribution in [1.82, 2.24) is 9.80 Å². The summed E-state index contributed by atoms with van der Waals surface area (Å²) < 4.78 is 10.2. The molecule has 2 fully saturated rings. The standard InChI is InChI=1S/C20H22N2O6/c1-27-19(25)12-8-10-21(11-9-12)17(24)15-6-7-16(23)22(15)18-13-4-2-3-5-14(13)20(26)28-18/h2-5,12,15,18H,6-11H2,1H3/t15-,18?/m0/s1. The first kappa shape index (κ1) is 18.5. The molecular weight excluding hydrogens is 364 g/mol. The van der Waals surface area contributed by atoms with Crippen LogP contribution < -0.4 is 0 Å². The lowest BCUT2D eigenvalue weighted by molar-refractivity contribution is -0.153. The molecular formula is C20H22N2O6. The lowest BCUT2D eigenvalue weighted by atomic mass is 9.96. The first-order valence-corrected chi connectivity index (χ1v) is 9.49. The Bertz CT molecular complexity index is 830. The van der Waals surface area contributed by atoms with Gasteiger partial charge >= 0.3 is 11.9 Å². The SMILES string of the molecule is COC(=O)C1CCN(C(=O)[C@@H]2CCC(=O)N2C2OC(=O)c3ccccc32)CC1. The molecule has 2 atom stereocenters. The minimum atomic E-state index is -0.861. The van der Waals surface area contributed by atoms with Crippen molar-refractivity contribution in [2.45, 2.75) is 38.0 Å². The van der Waals surface area contributed by atoms with E-state index in [2.05, 4.69) is 0 Å². The van der Waals surface area contributed by atoms with Gasteiger partial charge in [0, 0.05) is 25.1 Å². The van der Waals surface area contributed by atoms with Crippen LogP contribution in [0, 0.1) is 5.92 Å². The van der Waals surface area contributed by atoms with Crippen molar-refractivity contribution < 1.29 is 28.7 Å². The predicted octanol–water partition coefficient (Wildman–Crippen LogP) is 1.26. The van der Waals surface area contributed by atoms with Crippen LogP contribution in [0.1, 0.15) is 47.8 Å². The van der Waals surface area contributed by atoms with E-state index >= 15 is 0 Å². The molecule has 1 unspecified atom stereocenters. The van der Waals surface area contributed by atoms with Crippen molar-refractivity contribution in [3.63, 3.8) is 0 Å². The monoisotopic (exact) mass is 386 g/mol. The average Bonchev–Trinajstić information content (AvgIpc) is 3.27. The van der Waals surface area contributed by atoms with E-state index in [0.717, 1.165) is 0 Å². The molecule has 8 heteroatoms. The second-order valence-electron chi connectivity index (χ2n) is 7.32. The summed E-state index contributed by atoms with van der Waals surface area (Å²) in [7, 11) is 1.36. The number of rotatable bonds is 3. The predicted molar refractivity (Wildman–Crippen MR) is 95.8 cm³/mol. The van der Waals surface area contributed by atoms with Gasteiger partial charge in [-0.3, -0.25) is 19.3 Å². The van der Waals surface area contributed by atoms with Gasteiger partial charge in [-0.25, -0.2) is 4.79 Å². The summed E-state index contributed by atoms with van der Waals surface area (Å²) in [5.41, 5.74) is 1.04. The number of amides is 2. The largest absolute Gasteiger partial charge is 0.469 e. The maximum atomic E-state index is 13.1. The number of carbonyl (C=O) groups excluding carboxylic acids is 4. The molecule has 28 heavy (non-hydrogen) atoms. The summed E-state index contributed by atoms with van der Waals surface area (Å²) in [6, 6.07) is 6.27.